The number of urea groups is 1. The Kier molecular flexibility index (Phi) is 6.93. The Morgan fingerprint density at radius 2 is 1.94 bits per heavy atom. The van der Waals surface area contributed by atoms with Crippen molar-refractivity contribution in [3.8, 4) is 11.3 Å². The van der Waals surface area contributed by atoms with E-state index in [0.717, 1.165) is 43.8 Å². The summed E-state index contributed by atoms with van der Waals surface area (Å²) in [7, 11) is 1.34. The Balaban J connectivity index is 1.67. The molecule has 1 saturated heterocycles. The van der Waals surface area contributed by atoms with Crippen LogP contribution in [0.4, 0.5) is 10.7 Å². The molecular formula is C22H25N5O4S. The second-order valence-electron chi connectivity index (χ2n) is 7.29. The van der Waals surface area contributed by atoms with Crippen molar-refractivity contribution in [2.24, 2.45) is 0 Å². The molecule has 3 heterocycles. The van der Waals surface area contributed by atoms with Crippen molar-refractivity contribution >= 4 is 39.5 Å². The Hall–Kier alpha value is -3.08. The third-order valence-corrected chi connectivity index (χ3v) is 6.09. The minimum absolute atomic E-state index is 0.175. The smallest absolute Gasteiger partial charge is 0.348 e. The number of nitrogens with one attached hydrogen (secondary N) is 2. The van der Waals surface area contributed by atoms with Crippen LogP contribution in [0.3, 0.4) is 0 Å². The lowest BCUT2D eigenvalue weighted by atomic mass is 10.1. The summed E-state index contributed by atoms with van der Waals surface area (Å²) >= 11 is 1.20. The van der Waals surface area contributed by atoms with Crippen LogP contribution in [-0.2, 0) is 16.0 Å². The minimum Gasteiger partial charge on any atom is -0.465 e. The second-order valence-corrected chi connectivity index (χ2v) is 8.32. The van der Waals surface area contributed by atoms with Crippen LogP contribution in [0.5, 0.6) is 0 Å². The molecule has 1 aliphatic heterocycles. The lowest BCUT2D eigenvalue weighted by Crippen LogP contribution is -2.35. The molecule has 1 aliphatic rings. The zero-order valence-corrected chi connectivity index (χ0v) is 18.8. The molecule has 0 aliphatic carbocycles. The maximum absolute atomic E-state index is 12.1. The molecular weight excluding hydrogens is 430 g/mol. The molecule has 3 aromatic rings. The van der Waals surface area contributed by atoms with Crippen LogP contribution < -0.4 is 10.6 Å². The molecule has 168 valence electrons. The Morgan fingerprint density at radius 1 is 1.19 bits per heavy atom. The van der Waals surface area contributed by atoms with E-state index >= 15 is 0 Å². The van der Waals surface area contributed by atoms with E-state index in [4.69, 9.17) is 9.47 Å². The number of esters is 1. The van der Waals surface area contributed by atoms with Crippen LogP contribution in [0.1, 0.15) is 22.2 Å². The number of rotatable bonds is 6. The first kappa shape index (κ1) is 22.1. The highest BCUT2D eigenvalue weighted by Gasteiger charge is 2.18. The van der Waals surface area contributed by atoms with Crippen LogP contribution >= 0.6 is 11.3 Å². The molecule has 0 radical (unpaired) electrons. The van der Waals surface area contributed by atoms with Gasteiger partial charge >= 0.3 is 12.0 Å². The number of morpholine rings is 1. The molecule has 0 unspecified atom stereocenters. The second kappa shape index (κ2) is 10.0. The van der Waals surface area contributed by atoms with E-state index < -0.39 is 5.97 Å². The highest BCUT2D eigenvalue weighted by atomic mass is 32.1. The summed E-state index contributed by atoms with van der Waals surface area (Å²) in [6.07, 6.45) is 0. The Morgan fingerprint density at radius 3 is 2.62 bits per heavy atom. The SMILES string of the molecule is CCNC(=O)Nc1nc(-c2ccc(CN3CCOCC3)cc2)c2cc(C(=O)OC)sc2n1. The molecule has 1 aromatic carbocycles. The largest absolute Gasteiger partial charge is 0.465 e. The topological polar surface area (TPSA) is 106 Å². The van der Waals surface area contributed by atoms with Crippen LogP contribution in [-0.4, -0.2) is 66.8 Å². The standard InChI is InChI=1S/C22H25N5O4S/c1-3-23-22(29)26-21-24-18(16-12-17(20(28)30-2)32-19(16)25-21)15-6-4-14(5-7-15)13-27-8-10-31-11-9-27/h4-7,12H,3,8-11,13H2,1-2H3,(H2,23,24,25,26,29). The highest BCUT2D eigenvalue weighted by Crippen LogP contribution is 2.33. The molecule has 0 atom stereocenters. The number of hydrogen-bond acceptors (Lipinski definition) is 8. The third-order valence-electron chi connectivity index (χ3n) is 5.08. The lowest BCUT2D eigenvalue weighted by molar-refractivity contribution is 0.0342. The van der Waals surface area contributed by atoms with Crippen molar-refractivity contribution in [1.29, 1.82) is 0 Å². The van der Waals surface area contributed by atoms with Gasteiger partial charge in [-0.25, -0.2) is 19.6 Å². The molecule has 0 saturated carbocycles. The maximum atomic E-state index is 12.1. The number of methoxy groups -OCH3 is 1. The molecule has 1 fully saturated rings. The fourth-order valence-electron chi connectivity index (χ4n) is 3.49. The van der Waals surface area contributed by atoms with Gasteiger partial charge in [0.1, 0.15) is 9.71 Å². The monoisotopic (exact) mass is 455 g/mol. The zero-order valence-electron chi connectivity index (χ0n) is 18.0. The molecule has 2 amide bonds. The molecule has 32 heavy (non-hydrogen) atoms. The first-order chi connectivity index (χ1) is 15.6. The van der Waals surface area contributed by atoms with Gasteiger partial charge < -0.3 is 14.8 Å². The van der Waals surface area contributed by atoms with Gasteiger partial charge in [-0.15, -0.1) is 11.3 Å². The molecule has 0 bridgehead atoms. The summed E-state index contributed by atoms with van der Waals surface area (Å²) in [5.74, 6) is -0.257. The van der Waals surface area contributed by atoms with Gasteiger partial charge in [0.2, 0.25) is 5.95 Å². The summed E-state index contributed by atoms with van der Waals surface area (Å²) in [5.41, 5.74) is 2.71. The summed E-state index contributed by atoms with van der Waals surface area (Å²) < 4.78 is 10.3. The quantitative estimate of drug-likeness (QED) is 0.550. The van der Waals surface area contributed by atoms with Crippen LogP contribution in [0, 0.1) is 0 Å². The highest BCUT2D eigenvalue weighted by molar-refractivity contribution is 7.20. The number of nitrogens with zero attached hydrogens (tertiary/aromatic N) is 3. The summed E-state index contributed by atoms with van der Waals surface area (Å²) in [6, 6.07) is 9.50. The van der Waals surface area contributed by atoms with Crippen LogP contribution in [0.15, 0.2) is 30.3 Å². The number of carbonyl (C=O) groups is 2. The fraction of sp³-hybridized carbons (Fsp3) is 0.364. The van der Waals surface area contributed by atoms with Crippen molar-refractivity contribution in [1.82, 2.24) is 20.2 Å². The number of carbonyl (C=O) groups excluding carboxylic acids is 2. The number of ether oxygens (including phenoxy) is 2. The Bertz CT molecular complexity index is 1110. The Labute approximate surface area is 189 Å². The van der Waals surface area contributed by atoms with Crippen LogP contribution in [0.25, 0.3) is 21.5 Å². The summed E-state index contributed by atoms with van der Waals surface area (Å²) in [5, 5.41) is 6.06. The van der Waals surface area contributed by atoms with E-state index in [1.807, 2.05) is 19.1 Å². The lowest BCUT2D eigenvalue weighted by Gasteiger charge is -2.26. The zero-order chi connectivity index (χ0) is 22.5. The molecule has 4 rings (SSSR count). The van der Waals surface area contributed by atoms with E-state index in [-0.39, 0.29) is 12.0 Å². The van der Waals surface area contributed by atoms with Crippen molar-refractivity contribution in [2.75, 3.05) is 45.3 Å². The van der Waals surface area contributed by atoms with Gasteiger partial charge in [0.05, 0.1) is 26.0 Å². The van der Waals surface area contributed by atoms with E-state index in [2.05, 4.69) is 37.6 Å². The number of aromatic nitrogens is 2. The average Bonchev–Trinajstić information content (AvgIpc) is 3.23. The van der Waals surface area contributed by atoms with Gasteiger partial charge in [0.25, 0.3) is 0 Å². The molecule has 2 N–H and O–H groups in total. The maximum Gasteiger partial charge on any atom is 0.348 e. The van der Waals surface area contributed by atoms with Crippen LogP contribution in [0.2, 0.25) is 0 Å². The molecule has 0 spiro atoms. The van der Waals surface area contributed by atoms with Gasteiger partial charge in [-0.3, -0.25) is 10.2 Å². The number of fused-ring (bicyclic) bond motifs is 1. The first-order valence-corrected chi connectivity index (χ1v) is 11.2. The van der Waals surface area contributed by atoms with E-state index in [0.29, 0.717) is 21.9 Å². The van der Waals surface area contributed by atoms with E-state index in [9.17, 15) is 9.59 Å². The van der Waals surface area contributed by atoms with E-state index in [1.165, 1.54) is 24.0 Å². The third kappa shape index (κ3) is 5.04. The normalized spacial score (nSPS) is 14.3. The van der Waals surface area contributed by atoms with Crippen molar-refractivity contribution < 1.29 is 19.1 Å². The van der Waals surface area contributed by atoms with Gasteiger partial charge in [-0.1, -0.05) is 24.3 Å². The van der Waals surface area contributed by atoms with Gasteiger partial charge in [-0.2, -0.15) is 0 Å². The molecule has 9 nitrogen and oxygen atoms in total. The number of hydrogen-bond donors (Lipinski definition) is 2. The molecule has 10 heteroatoms. The van der Waals surface area contributed by atoms with E-state index in [1.54, 1.807) is 6.07 Å². The number of thiophene rings is 1. The van der Waals surface area contributed by atoms with Crippen molar-refractivity contribution in [2.45, 2.75) is 13.5 Å². The van der Waals surface area contributed by atoms with Gasteiger partial charge in [0, 0.05) is 37.1 Å². The predicted molar refractivity (Wildman–Crippen MR) is 123 cm³/mol. The van der Waals surface area contributed by atoms with Crippen molar-refractivity contribution in [3.63, 3.8) is 0 Å². The molecule has 2 aromatic heterocycles. The number of benzene rings is 1. The number of anilines is 1. The fourth-order valence-corrected chi connectivity index (χ4v) is 4.44. The van der Waals surface area contributed by atoms with Crippen molar-refractivity contribution in [3.05, 3.63) is 40.8 Å². The predicted octanol–water partition coefficient (Wildman–Crippen LogP) is 3.12. The summed E-state index contributed by atoms with van der Waals surface area (Å²) in [4.78, 5) is 36.5. The van der Waals surface area contributed by atoms with Gasteiger partial charge in [-0.05, 0) is 18.6 Å². The average molecular weight is 456 g/mol. The first-order valence-electron chi connectivity index (χ1n) is 10.4. The minimum atomic E-state index is -0.432. The number of amides is 2. The summed E-state index contributed by atoms with van der Waals surface area (Å²) in [6.45, 7) is 6.55. The van der Waals surface area contributed by atoms with Gasteiger partial charge in [0.15, 0.2) is 0 Å².